The van der Waals surface area contributed by atoms with E-state index in [9.17, 15) is 9.18 Å². The number of hydrogen-bond donors (Lipinski definition) is 2. The predicted octanol–water partition coefficient (Wildman–Crippen LogP) is 2.56. The Balaban J connectivity index is 1.68. The topological polar surface area (TPSA) is 52.6 Å². The summed E-state index contributed by atoms with van der Waals surface area (Å²) in [6.45, 7) is 2.30. The Morgan fingerprint density at radius 1 is 1.35 bits per heavy atom. The van der Waals surface area contributed by atoms with E-state index in [0.29, 0.717) is 17.8 Å². The third-order valence-electron chi connectivity index (χ3n) is 4.39. The van der Waals surface area contributed by atoms with Gasteiger partial charge in [0.2, 0.25) is 0 Å². The molecule has 2 saturated heterocycles. The highest BCUT2D eigenvalue weighted by atomic mass is 19.1. The van der Waals surface area contributed by atoms with Crippen molar-refractivity contribution in [2.24, 2.45) is 0 Å². The summed E-state index contributed by atoms with van der Waals surface area (Å²) in [5.41, 5.74) is 0.425. The number of rotatable bonds is 3. The van der Waals surface area contributed by atoms with E-state index in [4.69, 9.17) is 5.11 Å². The second kappa shape index (κ2) is 5.40. The van der Waals surface area contributed by atoms with Crippen molar-refractivity contribution in [2.45, 2.75) is 37.8 Å². The van der Waals surface area contributed by atoms with Gasteiger partial charge in [-0.15, -0.1) is 0 Å². The molecule has 0 radical (unpaired) electrons. The smallest absolute Gasteiger partial charge is 0.338 e. The standard InChI is InChI=1S/C15H19FN2O2/c16-14-4-3-10(9-13(14)15(19)20)17-11-5-7-18-6-1-2-12(18)8-11/h3-4,9,11-12,17H,1-2,5-8H2,(H,19,20). The lowest BCUT2D eigenvalue weighted by Gasteiger charge is -2.35. The second-order valence-corrected chi connectivity index (χ2v) is 5.70. The second-order valence-electron chi connectivity index (χ2n) is 5.70. The highest BCUT2D eigenvalue weighted by Gasteiger charge is 2.31. The highest BCUT2D eigenvalue weighted by Crippen LogP contribution is 2.28. The molecule has 1 aromatic rings. The third-order valence-corrected chi connectivity index (χ3v) is 4.39. The molecule has 4 nitrogen and oxygen atoms in total. The van der Waals surface area contributed by atoms with Crippen LogP contribution in [-0.2, 0) is 0 Å². The van der Waals surface area contributed by atoms with Crippen molar-refractivity contribution >= 4 is 11.7 Å². The number of carboxylic acid groups (broad SMARTS) is 1. The first-order chi connectivity index (χ1) is 9.63. The van der Waals surface area contributed by atoms with E-state index in [1.165, 1.54) is 31.5 Å². The largest absolute Gasteiger partial charge is 0.478 e. The molecule has 0 aromatic heterocycles. The van der Waals surface area contributed by atoms with E-state index in [1.807, 2.05) is 0 Å². The number of fused-ring (bicyclic) bond motifs is 1. The molecule has 0 bridgehead atoms. The van der Waals surface area contributed by atoms with E-state index in [2.05, 4.69) is 10.2 Å². The molecular weight excluding hydrogens is 259 g/mol. The van der Waals surface area contributed by atoms with Gasteiger partial charge in [0, 0.05) is 24.3 Å². The van der Waals surface area contributed by atoms with Crippen LogP contribution in [0.1, 0.15) is 36.0 Å². The number of benzene rings is 1. The van der Waals surface area contributed by atoms with Crippen LogP contribution in [0.2, 0.25) is 0 Å². The van der Waals surface area contributed by atoms with Crippen molar-refractivity contribution in [2.75, 3.05) is 18.4 Å². The summed E-state index contributed by atoms with van der Waals surface area (Å²) in [6, 6.07) is 5.22. The molecule has 0 amide bonds. The molecule has 0 aliphatic carbocycles. The number of nitrogens with one attached hydrogen (secondary N) is 1. The van der Waals surface area contributed by atoms with Gasteiger partial charge >= 0.3 is 5.97 Å². The van der Waals surface area contributed by atoms with Gasteiger partial charge in [0.05, 0.1) is 5.56 Å². The molecule has 2 aliphatic rings. The van der Waals surface area contributed by atoms with Crippen molar-refractivity contribution in [3.8, 4) is 0 Å². The quantitative estimate of drug-likeness (QED) is 0.892. The predicted molar refractivity (Wildman–Crippen MR) is 74.6 cm³/mol. The molecule has 20 heavy (non-hydrogen) atoms. The maximum atomic E-state index is 13.4. The number of carboxylic acids is 1. The zero-order chi connectivity index (χ0) is 14.1. The summed E-state index contributed by atoms with van der Waals surface area (Å²) >= 11 is 0. The average molecular weight is 278 g/mol. The van der Waals surface area contributed by atoms with Crippen LogP contribution in [0.15, 0.2) is 18.2 Å². The molecule has 2 atom stereocenters. The molecule has 5 heteroatoms. The fourth-order valence-electron chi connectivity index (χ4n) is 3.37. The summed E-state index contributed by atoms with van der Waals surface area (Å²) in [7, 11) is 0. The molecule has 2 fully saturated rings. The minimum absolute atomic E-state index is 0.270. The number of aromatic carboxylic acids is 1. The Kier molecular flexibility index (Phi) is 3.61. The summed E-state index contributed by atoms with van der Waals surface area (Å²) in [6.07, 6.45) is 4.66. The van der Waals surface area contributed by atoms with Gasteiger partial charge in [-0.3, -0.25) is 0 Å². The van der Waals surface area contributed by atoms with Gasteiger partial charge in [0.25, 0.3) is 0 Å². The number of anilines is 1. The van der Waals surface area contributed by atoms with Crippen LogP contribution in [0.3, 0.4) is 0 Å². The molecular formula is C15H19FN2O2. The van der Waals surface area contributed by atoms with Gasteiger partial charge in [-0.1, -0.05) is 0 Å². The molecule has 1 aromatic carbocycles. The minimum atomic E-state index is -1.23. The summed E-state index contributed by atoms with van der Waals surface area (Å²) in [5.74, 6) is -1.91. The zero-order valence-corrected chi connectivity index (χ0v) is 11.3. The van der Waals surface area contributed by atoms with Crippen LogP contribution in [0.25, 0.3) is 0 Å². The van der Waals surface area contributed by atoms with Gasteiger partial charge < -0.3 is 15.3 Å². The van der Waals surface area contributed by atoms with Crippen molar-refractivity contribution in [3.63, 3.8) is 0 Å². The van der Waals surface area contributed by atoms with E-state index < -0.39 is 11.8 Å². The van der Waals surface area contributed by atoms with Gasteiger partial charge in [-0.25, -0.2) is 9.18 Å². The normalized spacial score (nSPS) is 26.2. The number of carbonyl (C=O) groups is 1. The van der Waals surface area contributed by atoms with Crippen molar-refractivity contribution in [3.05, 3.63) is 29.6 Å². The van der Waals surface area contributed by atoms with Crippen LogP contribution >= 0.6 is 0 Å². The summed E-state index contributed by atoms with van der Waals surface area (Å²) < 4.78 is 13.4. The molecule has 0 saturated carbocycles. The fourth-order valence-corrected chi connectivity index (χ4v) is 3.37. The summed E-state index contributed by atoms with van der Waals surface area (Å²) in [4.78, 5) is 13.5. The van der Waals surface area contributed by atoms with Crippen LogP contribution in [0.4, 0.5) is 10.1 Å². The monoisotopic (exact) mass is 278 g/mol. The van der Waals surface area contributed by atoms with Crippen molar-refractivity contribution in [1.29, 1.82) is 0 Å². The lowest BCUT2D eigenvalue weighted by Crippen LogP contribution is -2.42. The highest BCUT2D eigenvalue weighted by molar-refractivity contribution is 5.89. The van der Waals surface area contributed by atoms with Crippen molar-refractivity contribution < 1.29 is 14.3 Å². The average Bonchev–Trinajstić information content (AvgIpc) is 2.88. The van der Waals surface area contributed by atoms with E-state index in [-0.39, 0.29) is 5.56 Å². The zero-order valence-electron chi connectivity index (χ0n) is 11.3. The third kappa shape index (κ3) is 2.63. The number of piperidine rings is 1. The Bertz CT molecular complexity index is 521. The lowest BCUT2D eigenvalue weighted by atomic mass is 9.97. The Hall–Kier alpha value is -1.62. The van der Waals surface area contributed by atoms with Gasteiger partial charge in [0.15, 0.2) is 0 Å². The lowest BCUT2D eigenvalue weighted by molar-refractivity contribution is 0.0692. The molecule has 3 rings (SSSR count). The van der Waals surface area contributed by atoms with Crippen LogP contribution in [0.5, 0.6) is 0 Å². The first-order valence-corrected chi connectivity index (χ1v) is 7.17. The molecule has 2 heterocycles. The summed E-state index contributed by atoms with van der Waals surface area (Å²) in [5, 5.41) is 12.3. The van der Waals surface area contributed by atoms with Crippen LogP contribution < -0.4 is 5.32 Å². The fraction of sp³-hybridized carbons (Fsp3) is 0.533. The van der Waals surface area contributed by atoms with Gasteiger partial charge in [0.1, 0.15) is 5.82 Å². The van der Waals surface area contributed by atoms with Crippen LogP contribution in [-0.4, -0.2) is 41.1 Å². The maximum absolute atomic E-state index is 13.4. The number of nitrogens with zero attached hydrogens (tertiary/aromatic N) is 1. The molecule has 2 unspecified atom stereocenters. The first kappa shape index (κ1) is 13.4. The van der Waals surface area contributed by atoms with Gasteiger partial charge in [-0.05, 0) is 50.4 Å². The first-order valence-electron chi connectivity index (χ1n) is 7.17. The number of hydrogen-bond acceptors (Lipinski definition) is 3. The Labute approximate surface area is 117 Å². The number of halogens is 1. The molecule has 2 N–H and O–H groups in total. The Morgan fingerprint density at radius 2 is 2.20 bits per heavy atom. The Morgan fingerprint density at radius 3 is 3.00 bits per heavy atom. The minimum Gasteiger partial charge on any atom is -0.478 e. The SMILES string of the molecule is O=C(O)c1cc(NC2CCN3CCCC3C2)ccc1F. The van der Waals surface area contributed by atoms with E-state index in [1.54, 1.807) is 6.07 Å². The maximum Gasteiger partial charge on any atom is 0.338 e. The van der Waals surface area contributed by atoms with Gasteiger partial charge in [-0.2, -0.15) is 0 Å². The molecule has 0 spiro atoms. The van der Waals surface area contributed by atoms with Crippen LogP contribution in [0, 0.1) is 5.82 Å². The van der Waals surface area contributed by atoms with E-state index >= 15 is 0 Å². The van der Waals surface area contributed by atoms with Crippen molar-refractivity contribution in [1.82, 2.24) is 4.90 Å². The molecule has 108 valence electrons. The molecule has 2 aliphatic heterocycles. The van der Waals surface area contributed by atoms with E-state index in [0.717, 1.165) is 19.4 Å².